The van der Waals surface area contributed by atoms with Gasteiger partial charge in [0.1, 0.15) is 0 Å². The first-order valence-corrected chi connectivity index (χ1v) is 9.24. The number of amides is 2. The quantitative estimate of drug-likeness (QED) is 0.408. The van der Waals surface area contributed by atoms with Crippen molar-refractivity contribution in [3.8, 4) is 0 Å². The lowest BCUT2D eigenvalue weighted by Gasteiger charge is -2.12. The Hall–Kier alpha value is -2.49. The van der Waals surface area contributed by atoms with Crippen molar-refractivity contribution in [2.45, 2.75) is 26.4 Å². The molecule has 160 valence electrons. The van der Waals surface area contributed by atoms with Crippen molar-refractivity contribution >= 4 is 34.7 Å². The lowest BCUT2D eigenvalue weighted by molar-refractivity contribution is -0.829. The van der Waals surface area contributed by atoms with Crippen LogP contribution in [-0.2, 0) is 17.4 Å². The molecule has 0 fully saturated rings. The van der Waals surface area contributed by atoms with Crippen LogP contribution in [0.15, 0.2) is 36.4 Å². The van der Waals surface area contributed by atoms with Crippen LogP contribution in [0.4, 0.5) is 35.0 Å². The molecule has 0 unspecified atom stereocenters. The molecule has 2 amide bonds. The Morgan fingerprint density at radius 1 is 1.21 bits per heavy atom. The molecule has 0 bridgehead atoms. The minimum atomic E-state index is -4.60. The van der Waals surface area contributed by atoms with E-state index < -0.39 is 22.8 Å². The van der Waals surface area contributed by atoms with Gasteiger partial charge in [0.25, 0.3) is 0 Å². The molecule has 0 spiro atoms. The Morgan fingerprint density at radius 3 is 2.52 bits per heavy atom. The van der Waals surface area contributed by atoms with Crippen molar-refractivity contribution in [1.29, 1.82) is 0 Å². The Bertz CT molecular complexity index is 817. The first-order valence-electron chi connectivity index (χ1n) is 8.86. The Morgan fingerprint density at radius 2 is 1.90 bits per heavy atom. The van der Waals surface area contributed by atoms with Gasteiger partial charge in [0.05, 0.1) is 23.4 Å². The summed E-state index contributed by atoms with van der Waals surface area (Å²) in [6.07, 6.45) is -4.09. The summed E-state index contributed by atoms with van der Waals surface area (Å²) in [4.78, 5) is 16.8. The first kappa shape index (κ1) is 24.5. The number of nitrogens with one attached hydrogen (secondary N) is 2. The van der Waals surface area contributed by atoms with Gasteiger partial charge in [-0.3, -0.25) is 0 Å². The number of hydrogen-bond acceptors (Lipinski definition) is 3. The Labute approximate surface area is 172 Å². The molecule has 0 saturated carbocycles. The number of benzene rings is 2. The summed E-state index contributed by atoms with van der Waals surface area (Å²) in [6.45, 7) is 4.28. The van der Waals surface area contributed by atoms with Crippen LogP contribution in [0.1, 0.15) is 25.0 Å². The molecule has 0 heterocycles. The number of alkyl halides is 3. The van der Waals surface area contributed by atoms with E-state index in [1.54, 1.807) is 6.07 Å². The third-order valence-electron chi connectivity index (χ3n) is 3.62. The summed E-state index contributed by atoms with van der Waals surface area (Å²) in [5.74, 6) is 0. The second kappa shape index (κ2) is 11.5. The van der Waals surface area contributed by atoms with E-state index >= 15 is 0 Å². The van der Waals surface area contributed by atoms with Gasteiger partial charge in [0.2, 0.25) is 0 Å². The number of anilines is 2. The molecule has 2 aromatic rings. The molecule has 29 heavy (non-hydrogen) atoms. The maximum absolute atomic E-state index is 12.8. The minimum Gasteiger partial charge on any atom is -0.394 e. The molecule has 6 nitrogen and oxygen atoms in total. The van der Waals surface area contributed by atoms with Crippen LogP contribution < -0.4 is 21.8 Å². The zero-order valence-corrected chi connectivity index (χ0v) is 17.1. The number of carbonyl (C=O) groups excluding carboxylic acids is 1. The molecule has 0 aromatic heterocycles. The van der Waals surface area contributed by atoms with Crippen LogP contribution in [-0.4, -0.2) is 19.7 Å². The van der Waals surface area contributed by atoms with Gasteiger partial charge in [0, 0.05) is 18.3 Å². The second-order valence-corrected chi connectivity index (χ2v) is 6.05. The van der Waals surface area contributed by atoms with Crippen molar-refractivity contribution in [2.75, 3.05) is 24.7 Å². The highest BCUT2D eigenvalue weighted by Crippen LogP contribution is 2.36. The number of nitrogen functional groups attached to an aromatic ring is 1. The molecule has 6 N–H and O–H groups in total. The van der Waals surface area contributed by atoms with E-state index in [0.29, 0.717) is 12.1 Å². The Balaban J connectivity index is 0.00000204. The fourth-order valence-corrected chi connectivity index (χ4v) is 2.55. The summed E-state index contributed by atoms with van der Waals surface area (Å²) in [6, 6.07) is 7.92. The molecule has 0 aliphatic rings. The average molecular weight is 434 g/mol. The fraction of sp³-hybridized carbons (Fsp3) is 0.316. The van der Waals surface area contributed by atoms with E-state index in [0.717, 1.165) is 23.4 Å². The van der Waals surface area contributed by atoms with Crippen LogP contribution in [0.2, 0.25) is 5.02 Å². The number of carbonyl (C=O) groups is 1. The SMILES string of the molecule is CC.CO[NH2+]c1cc(CCNC(=O)Nc2ccc(Cl)c(C(F)(F)F)c2)ccc1N. The lowest BCUT2D eigenvalue weighted by Crippen LogP contribution is -2.76. The van der Waals surface area contributed by atoms with E-state index in [1.807, 2.05) is 26.0 Å². The third-order valence-corrected chi connectivity index (χ3v) is 3.95. The monoisotopic (exact) mass is 433 g/mol. The van der Waals surface area contributed by atoms with Gasteiger partial charge in [-0.25, -0.2) is 9.63 Å². The highest BCUT2D eigenvalue weighted by molar-refractivity contribution is 6.31. The molecule has 0 radical (unpaired) electrons. The number of nitrogens with two attached hydrogens (primary N) is 2. The smallest absolute Gasteiger partial charge is 0.394 e. The predicted molar refractivity (Wildman–Crippen MR) is 108 cm³/mol. The predicted octanol–water partition coefficient (Wildman–Crippen LogP) is 4.09. The van der Waals surface area contributed by atoms with Crippen molar-refractivity contribution in [1.82, 2.24) is 5.32 Å². The van der Waals surface area contributed by atoms with Crippen molar-refractivity contribution in [2.24, 2.45) is 0 Å². The summed E-state index contributed by atoms with van der Waals surface area (Å²) in [5, 5.41) is 4.51. The van der Waals surface area contributed by atoms with Gasteiger partial charge in [0.15, 0.2) is 5.69 Å². The van der Waals surface area contributed by atoms with Crippen LogP contribution >= 0.6 is 11.6 Å². The van der Waals surface area contributed by atoms with E-state index in [4.69, 9.17) is 22.2 Å². The van der Waals surface area contributed by atoms with Gasteiger partial charge in [-0.15, -0.1) is 0 Å². The summed E-state index contributed by atoms with van der Waals surface area (Å²) < 4.78 is 38.5. The first-order chi connectivity index (χ1) is 13.7. The Kier molecular flexibility index (Phi) is 9.73. The van der Waals surface area contributed by atoms with Crippen LogP contribution in [0.25, 0.3) is 0 Å². The summed E-state index contributed by atoms with van der Waals surface area (Å²) >= 11 is 5.55. The zero-order chi connectivity index (χ0) is 22.0. The van der Waals surface area contributed by atoms with E-state index in [2.05, 4.69) is 10.6 Å². The highest BCUT2D eigenvalue weighted by Gasteiger charge is 2.33. The number of hydrogen-bond donors (Lipinski definition) is 4. The van der Waals surface area contributed by atoms with E-state index in [1.165, 1.54) is 18.7 Å². The van der Waals surface area contributed by atoms with Gasteiger partial charge in [-0.05, 0) is 36.2 Å². The topological polar surface area (TPSA) is 93.0 Å². The molecular formula is C19H25ClF3N4O2+. The molecular weight excluding hydrogens is 409 g/mol. The van der Waals surface area contributed by atoms with Crippen molar-refractivity contribution < 1.29 is 28.3 Å². The van der Waals surface area contributed by atoms with Gasteiger partial charge < -0.3 is 16.4 Å². The van der Waals surface area contributed by atoms with Gasteiger partial charge in [-0.1, -0.05) is 31.5 Å². The number of urea groups is 1. The average Bonchev–Trinajstić information content (AvgIpc) is 2.67. The van der Waals surface area contributed by atoms with Crippen LogP contribution in [0.5, 0.6) is 0 Å². The normalized spacial score (nSPS) is 10.7. The summed E-state index contributed by atoms with van der Waals surface area (Å²) in [7, 11) is 1.51. The highest BCUT2D eigenvalue weighted by atomic mass is 35.5. The number of quaternary nitrogens is 1. The molecule has 0 aliphatic carbocycles. The van der Waals surface area contributed by atoms with Gasteiger partial charge in [-0.2, -0.15) is 18.7 Å². The molecule has 0 atom stereocenters. The fourth-order valence-electron chi connectivity index (χ4n) is 2.32. The largest absolute Gasteiger partial charge is 0.417 e. The molecule has 10 heteroatoms. The molecule has 0 saturated heterocycles. The molecule has 2 rings (SSSR count). The number of rotatable bonds is 6. The molecule has 0 aliphatic heterocycles. The van der Waals surface area contributed by atoms with Crippen molar-refractivity contribution in [3.05, 3.63) is 52.5 Å². The zero-order valence-electron chi connectivity index (χ0n) is 16.4. The van der Waals surface area contributed by atoms with Crippen molar-refractivity contribution in [3.63, 3.8) is 0 Å². The maximum atomic E-state index is 12.8. The van der Waals surface area contributed by atoms with E-state index in [-0.39, 0.29) is 12.2 Å². The second-order valence-electron chi connectivity index (χ2n) is 5.64. The van der Waals surface area contributed by atoms with Crippen LogP contribution in [0, 0.1) is 0 Å². The lowest BCUT2D eigenvalue weighted by atomic mass is 10.1. The standard InChI is InChI=1S/C17H18ClF3N4O2.C2H6/c1-27-25-15-8-10(2-5-14(15)22)6-7-23-16(26)24-11-3-4-13(18)12(9-11)17(19,20)21;1-2/h2-5,8-9,25H,6-7,22H2,1H3,(H2,23,24,26);1-2H3/p+1. The minimum absolute atomic E-state index is 0.00584. The third kappa shape index (κ3) is 7.80. The van der Waals surface area contributed by atoms with E-state index in [9.17, 15) is 18.0 Å². The van der Waals surface area contributed by atoms with Gasteiger partial charge >= 0.3 is 12.2 Å². The summed E-state index contributed by atoms with van der Waals surface area (Å²) in [5.41, 5.74) is 8.51. The number of halogens is 4. The molecule has 2 aromatic carbocycles. The van der Waals surface area contributed by atoms with Crippen LogP contribution in [0.3, 0.4) is 0 Å². The maximum Gasteiger partial charge on any atom is 0.417 e.